The summed E-state index contributed by atoms with van der Waals surface area (Å²) in [5, 5.41) is 5.39. The van der Waals surface area contributed by atoms with Crippen molar-refractivity contribution >= 4 is 12.0 Å². The van der Waals surface area contributed by atoms with E-state index in [9.17, 15) is 14.0 Å². The summed E-state index contributed by atoms with van der Waals surface area (Å²) in [6.45, 7) is 6.29. The summed E-state index contributed by atoms with van der Waals surface area (Å²) in [6, 6.07) is 6.23. The molecular formula is C17H25FN2O3. The third-order valence-electron chi connectivity index (χ3n) is 2.87. The van der Waals surface area contributed by atoms with E-state index in [2.05, 4.69) is 10.6 Å². The normalized spacial score (nSPS) is 11.0. The van der Waals surface area contributed by atoms with Gasteiger partial charge in [-0.3, -0.25) is 4.79 Å². The molecule has 0 radical (unpaired) electrons. The highest BCUT2D eigenvalue weighted by molar-refractivity contribution is 5.76. The van der Waals surface area contributed by atoms with Crippen LogP contribution in [0.1, 0.15) is 39.2 Å². The first-order valence-corrected chi connectivity index (χ1v) is 7.74. The highest BCUT2D eigenvalue weighted by atomic mass is 19.1. The molecule has 0 aliphatic rings. The molecule has 0 heterocycles. The summed E-state index contributed by atoms with van der Waals surface area (Å²) >= 11 is 0. The number of ether oxygens (including phenoxy) is 1. The molecule has 5 nitrogen and oxygen atoms in total. The van der Waals surface area contributed by atoms with Gasteiger partial charge in [0, 0.05) is 19.5 Å². The van der Waals surface area contributed by atoms with Gasteiger partial charge >= 0.3 is 6.09 Å². The Bertz CT molecular complexity index is 527. The van der Waals surface area contributed by atoms with Crippen molar-refractivity contribution in [3.05, 3.63) is 35.6 Å². The van der Waals surface area contributed by atoms with E-state index in [0.29, 0.717) is 32.4 Å². The van der Waals surface area contributed by atoms with Crippen LogP contribution < -0.4 is 10.6 Å². The smallest absolute Gasteiger partial charge is 0.407 e. The van der Waals surface area contributed by atoms with Crippen molar-refractivity contribution in [1.29, 1.82) is 0 Å². The van der Waals surface area contributed by atoms with E-state index in [1.165, 1.54) is 12.1 Å². The van der Waals surface area contributed by atoms with Crippen molar-refractivity contribution in [3.8, 4) is 0 Å². The van der Waals surface area contributed by atoms with Gasteiger partial charge in [-0.25, -0.2) is 9.18 Å². The SMILES string of the molecule is CC(C)(C)OC(=O)NCCCNC(=O)CCc1cccc(F)c1. The summed E-state index contributed by atoms with van der Waals surface area (Å²) < 4.78 is 18.1. The zero-order valence-corrected chi connectivity index (χ0v) is 13.9. The van der Waals surface area contributed by atoms with Crippen LogP contribution in [0.3, 0.4) is 0 Å². The molecule has 0 aliphatic heterocycles. The average molecular weight is 324 g/mol. The fourth-order valence-electron chi connectivity index (χ4n) is 1.86. The molecular weight excluding hydrogens is 299 g/mol. The molecule has 0 aromatic heterocycles. The second-order valence-corrected chi connectivity index (χ2v) is 6.26. The lowest BCUT2D eigenvalue weighted by atomic mass is 10.1. The maximum Gasteiger partial charge on any atom is 0.407 e. The maximum atomic E-state index is 13.0. The summed E-state index contributed by atoms with van der Waals surface area (Å²) in [6.07, 6.45) is 0.961. The number of hydrogen-bond donors (Lipinski definition) is 2. The number of carbonyl (C=O) groups is 2. The third-order valence-corrected chi connectivity index (χ3v) is 2.87. The van der Waals surface area contributed by atoms with Crippen molar-refractivity contribution in [1.82, 2.24) is 10.6 Å². The summed E-state index contributed by atoms with van der Waals surface area (Å²) in [7, 11) is 0. The number of hydrogen-bond acceptors (Lipinski definition) is 3. The molecule has 0 spiro atoms. The number of carbonyl (C=O) groups excluding carboxylic acids is 2. The van der Waals surface area contributed by atoms with E-state index < -0.39 is 11.7 Å². The molecule has 0 atom stereocenters. The van der Waals surface area contributed by atoms with Crippen molar-refractivity contribution in [3.63, 3.8) is 0 Å². The minimum Gasteiger partial charge on any atom is -0.444 e. The monoisotopic (exact) mass is 324 g/mol. The summed E-state index contributed by atoms with van der Waals surface area (Å²) in [5.74, 6) is -0.386. The quantitative estimate of drug-likeness (QED) is 0.758. The van der Waals surface area contributed by atoms with Crippen LogP contribution in [0.25, 0.3) is 0 Å². The highest BCUT2D eigenvalue weighted by Crippen LogP contribution is 2.07. The van der Waals surface area contributed by atoms with E-state index in [0.717, 1.165) is 5.56 Å². The van der Waals surface area contributed by atoms with Crippen LogP contribution >= 0.6 is 0 Å². The predicted octanol–water partition coefficient (Wildman–Crippen LogP) is 2.79. The molecule has 0 saturated carbocycles. The Labute approximate surface area is 136 Å². The zero-order valence-electron chi connectivity index (χ0n) is 13.9. The highest BCUT2D eigenvalue weighted by Gasteiger charge is 2.15. The third kappa shape index (κ3) is 9.50. The minimum absolute atomic E-state index is 0.0912. The largest absolute Gasteiger partial charge is 0.444 e. The minimum atomic E-state index is -0.519. The Morgan fingerprint density at radius 1 is 1.17 bits per heavy atom. The maximum absolute atomic E-state index is 13.0. The lowest BCUT2D eigenvalue weighted by Crippen LogP contribution is -2.34. The number of benzene rings is 1. The van der Waals surface area contributed by atoms with Gasteiger partial charge in [-0.05, 0) is 51.3 Å². The van der Waals surface area contributed by atoms with Gasteiger partial charge < -0.3 is 15.4 Å². The Balaban J connectivity index is 2.09. The number of alkyl carbamates (subject to hydrolysis) is 1. The predicted molar refractivity (Wildman–Crippen MR) is 86.6 cm³/mol. The number of halogens is 1. The zero-order chi connectivity index (χ0) is 17.3. The van der Waals surface area contributed by atoms with Gasteiger partial charge in [0.05, 0.1) is 0 Å². The molecule has 0 aliphatic carbocycles. The molecule has 1 aromatic rings. The summed E-state index contributed by atoms with van der Waals surface area (Å²) in [5.41, 5.74) is 0.279. The second-order valence-electron chi connectivity index (χ2n) is 6.26. The van der Waals surface area contributed by atoms with Crippen LogP contribution in [0.2, 0.25) is 0 Å². The van der Waals surface area contributed by atoms with Crippen LogP contribution in [0, 0.1) is 5.82 Å². The number of nitrogens with one attached hydrogen (secondary N) is 2. The number of amides is 2. The topological polar surface area (TPSA) is 67.4 Å². The van der Waals surface area contributed by atoms with E-state index >= 15 is 0 Å². The average Bonchev–Trinajstić information content (AvgIpc) is 2.43. The molecule has 0 unspecified atom stereocenters. The second kappa shape index (κ2) is 9.12. The fourth-order valence-corrected chi connectivity index (χ4v) is 1.86. The molecule has 0 saturated heterocycles. The molecule has 1 aromatic carbocycles. The molecule has 6 heteroatoms. The van der Waals surface area contributed by atoms with E-state index in [-0.39, 0.29) is 11.7 Å². The first kappa shape index (κ1) is 18.9. The van der Waals surface area contributed by atoms with Gasteiger partial charge in [-0.2, -0.15) is 0 Å². The number of rotatable bonds is 7. The van der Waals surface area contributed by atoms with Crippen LogP contribution in [0.4, 0.5) is 9.18 Å². The Kier molecular flexibility index (Phi) is 7.51. The number of aryl methyl sites for hydroxylation is 1. The van der Waals surface area contributed by atoms with Crippen LogP contribution in [0.5, 0.6) is 0 Å². The Morgan fingerprint density at radius 3 is 2.52 bits per heavy atom. The molecule has 1 rings (SSSR count). The molecule has 2 N–H and O–H groups in total. The van der Waals surface area contributed by atoms with Gasteiger partial charge in [0.15, 0.2) is 0 Å². The van der Waals surface area contributed by atoms with Crippen molar-refractivity contribution in [2.45, 2.75) is 45.6 Å². The molecule has 23 heavy (non-hydrogen) atoms. The fraction of sp³-hybridized carbons (Fsp3) is 0.529. The Morgan fingerprint density at radius 2 is 1.87 bits per heavy atom. The molecule has 0 bridgehead atoms. The van der Waals surface area contributed by atoms with Gasteiger partial charge in [0.25, 0.3) is 0 Å². The van der Waals surface area contributed by atoms with Crippen molar-refractivity contribution < 1.29 is 18.7 Å². The van der Waals surface area contributed by atoms with Gasteiger partial charge in [0.2, 0.25) is 5.91 Å². The van der Waals surface area contributed by atoms with Crippen LogP contribution in [-0.2, 0) is 16.0 Å². The van der Waals surface area contributed by atoms with Gasteiger partial charge in [0.1, 0.15) is 11.4 Å². The first-order chi connectivity index (χ1) is 10.8. The lowest BCUT2D eigenvalue weighted by molar-refractivity contribution is -0.121. The molecule has 0 fully saturated rings. The summed E-state index contributed by atoms with van der Waals surface area (Å²) in [4.78, 5) is 23.1. The van der Waals surface area contributed by atoms with E-state index in [1.54, 1.807) is 32.9 Å². The van der Waals surface area contributed by atoms with Gasteiger partial charge in [-0.1, -0.05) is 12.1 Å². The standard InChI is InChI=1S/C17H25FN2O3/c1-17(2,3)23-16(22)20-11-5-10-19-15(21)9-8-13-6-4-7-14(18)12-13/h4,6-7,12H,5,8-11H2,1-3H3,(H,19,21)(H,20,22). The molecule has 2 amide bonds. The van der Waals surface area contributed by atoms with Crippen molar-refractivity contribution in [2.75, 3.05) is 13.1 Å². The van der Waals surface area contributed by atoms with Crippen molar-refractivity contribution in [2.24, 2.45) is 0 Å². The lowest BCUT2D eigenvalue weighted by Gasteiger charge is -2.19. The van der Waals surface area contributed by atoms with E-state index in [4.69, 9.17) is 4.74 Å². The Hall–Kier alpha value is -2.11. The van der Waals surface area contributed by atoms with Crippen LogP contribution in [-0.4, -0.2) is 30.7 Å². The van der Waals surface area contributed by atoms with E-state index in [1.807, 2.05) is 0 Å². The van der Waals surface area contributed by atoms with Gasteiger partial charge in [-0.15, -0.1) is 0 Å². The molecule has 128 valence electrons. The first-order valence-electron chi connectivity index (χ1n) is 7.74. The van der Waals surface area contributed by atoms with Crippen LogP contribution in [0.15, 0.2) is 24.3 Å².